The van der Waals surface area contributed by atoms with E-state index >= 15 is 0 Å². The van der Waals surface area contributed by atoms with Gasteiger partial charge in [-0.15, -0.1) is 0 Å². The Kier molecular flexibility index (Phi) is 3.81. The van der Waals surface area contributed by atoms with Gasteiger partial charge in [0.15, 0.2) is 0 Å². The number of benzene rings is 1. The van der Waals surface area contributed by atoms with Gasteiger partial charge in [0.25, 0.3) is 0 Å². The van der Waals surface area contributed by atoms with Gasteiger partial charge in [0.05, 0.1) is 5.69 Å². The molecule has 0 bridgehead atoms. The molecule has 0 radical (unpaired) electrons. The minimum Gasteiger partial charge on any atom is -0.310 e. The number of hydrogen-bond donors (Lipinski definition) is 1. The smallest absolute Gasteiger partial charge is 0.127 e. The Morgan fingerprint density at radius 2 is 2.10 bits per heavy atom. The molecule has 21 heavy (non-hydrogen) atoms. The Morgan fingerprint density at radius 3 is 2.71 bits per heavy atom. The monoisotopic (exact) mass is 287 g/mol. The van der Waals surface area contributed by atoms with E-state index in [1.807, 2.05) is 23.7 Å². The van der Waals surface area contributed by atoms with Crippen molar-refractivity contribution in [2.45, 2.75) is 52.7 Å². The number of halogens is 1. The molecule has 2 aromatic rings. The first-order valence-corrected chi connectivity index (χ1v) is 7.66. The fraction of sp³-hybridized carbons (Fsp3) is 0.471. The van der Waals surface area contributed by atoms with Crippen molar-refractivity contribution in [3.63, 3.8) is 0 Å². The summed E-state index contributed by atoms with van der Waals surface area (Å²) in [4.78, 5) is 0. The van der Waals surface area contributed by atoms with Crippen molar-refractivity contribution in [2.75, 3.05) is 0 Å². The maximum atomic E-state index is 14.0. The van der Waals surface area contributed by atoms with Crippen LogP contribution in [0, 0.1) is 19.7 Å². The molecule has 1 heterocycles. The number of nitrogens with zero attached hydrogens (tertiary/aromatic N) is 2. The lowest BCUT2D eigenvalue weighted by atomic mass is 10.0. The number of rotatable bonds is 5. The van der Waals surface area contributed by atoms with Crippen molar-refractivity contribution in [3.8, 4) is 11.1 Å². The van der Waals surface area contributed by atoms with Crippen molar-refractivity contribution >= 4 is 0 Å². The molecule has 0 amide bonds. The third kappa shape index (κ3) is 2.86. The van der Waals surface area contributed by atoms with Crippen molar-refractivity contribution in [2.24, 2.45) is 0 Å². The van der Waals surface area contributed by atoms with Gasteiger partial charge in [-0.3, -0.25) is 4.68 Å². The number of aryl methyl sites for hydroxylation is 2. The molecule has 0 atom stereocenters. The molecule has 0 saturated heterocycles. The van der Waals surface area contributed by atoms with Crippen molar-refractivity contribution in [3.05, 3.63) is 41.0 Å². The molecule has 0 spiro atoms. The van der Waals surface area contributed by atoms with Gasteiger partial charge >= 0.3 is 0 Å². The third-order valence-electron chi connectivity index (χ3n) is 4.17. The highest BCUT2D eigenvalue weighted by Gasteiger charge is 2.21. The highest BCUT2D eigenvalue weighted by Crippen LogP contribution is 2.29. The molecule has 1 aliphatic carbocycles. The van der Waals surface area contributed by atoms with Crippen LogP contribution in [0.1, 0.15) is 36.7 Å². The Hall–Kier alpha value is -1.68. The van der Waals surface area contributed by atoms with Gasteiger partial charge in [0.1, 0.15) is 5.82 Å². The van der Waals surface area contributed by atoms with Crippen LogP contribution in [0.15, 0.2) is 18.2 Å². The van der Waals surface area contributed by atoms with E-state index < -0.39 is 0 Å². The lowest BCUT2D eigenvalue weighted by Gasteiger charge is -2.09. The summed E-state index contributed by atoms with van der Waals surface area (Å²) in [6, 6.07) is 5.97. The van der Waals surface area contributed by atoms with Crippen LogP contribution in [-0.4, -0.2) is 15.8 Å². The van der Waals surface area contributed by atoms with Crippen molar-refractivity contribution in [1.29, 1.82) is 0 Å². The van der Waals surface area contributed by atoms with Crippen molar-refractivity contribution in [1.82, 2.24) is 15.1 Å². The molecule has 0 aliphatic heterocycles. The highest BCUT2D eigenvalue weighted by atomic mass is 19.1. The molecule has 1 N–H and O–H groups in total. The zero-order valence-electron chi connectivity index (χ0n) is 12.9. The van der Waals surface area contributed by atoms with E-state index in [4.69, 9.17) is 0 Å². The quantitative estimate of drug-likeness (QED) is 0.911. The molecule has 1 aromatic heterocycles. The normalized spacial score (nSPS) is 14.7. The lowest BCUT2D eigenvalue weighted by Crippen LogP contribution is -2.16. The van der Waals surface area contributed by atoms with Gasteiger partial charge in [0, 0.05) is 36.0 Å². The van der Waals surface area contributed by atoms with Gasteiger partial charge in [-0.1, -0.05) is 6.07 Å². The SMILES string of the molecule is CCn1nc(C)c(-c2ccc(F)c(CNC3CC3)c2)c1C. The summed E-state index contributed by atoms with van der Waals surface area (Å²) >= 11 is 0. The first-order chi connectivity index (χ1) is 10.1. The molecular weight excluding hydrogens is 265 g/mol. The average Bonchev–Trinajstić information content (AvgIpc) is 3.24. The molecule has 1 aliphatic rings. The summed E-state index contributed by atoms with van der Waals surface area (Å²) in [5.41, 5.74) is 5.07. The lowest BCUT2D eigenvalue weighted by molar-refractivity contribution is 0.587. The number of aromatic nitrogens is 2. The van der Waals surface area contributed by atoms with Crippen LogP contribution in [0.2, 0.25) is 0 Å². The Labute approximate surface area is 125 Å². The van der Waals surface area contributed by atoms with E-state index in [1.165, 1.54) is 12.8 Å². The zero-order valence-corrected chi connectivity index (χ0v) is 12.9. The van der Waals surface area contributed by atoms with Gasteiger partial charge in [-0.05, 0) is 51.3 Å². The predicted molar refractivity (Wildman–Crippen MR) is 82.6 cm³/mol. The van der Waals surface area contributed by atoms with E-state index in [0.29, 0.717) is 12.6 Å². The third-order valence-corrected chi connectivity index (χ3v) is 4.17. The molecule has 1 aromatic carbocycles. The number of nitrogens with one attached hydrogen (secondary N) is 1. The first kappa shape index (κ1) is 14.3. The Bertz CT molecular complexity index is 656. The molecule has 1 fully saturated rings. The van der Waals surface area contributed by atoms with Crippen LogP contribution in [0.4, 0.5) is 4.39 Å². The maximum Gasteiger partial charge on any atom is 0.127 e. The first-order valence-electron chi connectivity index (χ1n) is 7.66. The van der Waals surface area contributed by atoms with Crippen LogP contribution in [0.3, 0.4) is 0 Å². The Balaban J connectivity index is 1.94. The second kappa shape index (κ2) is 5.60. The minimum absolute atomic E-state index is 0.134. The van der Waals surface area contributed by atoms with Crippen molar-refractivity contribution < 1.29 is 4.39 Å². The topological polar surface area (TPSA) is 29.9 Å². The van der Waals surface area contributed by atoms with E-state index in [2.05, 4.69) is 24.3 Å². The van der Waals surface area contributed by atoms with Crippen LogP contribution in [0.25, 0.3) is 11.1 Å². The van der Waals surface area contributed by atoms with Crippen LogP contribution >= 0.6 is 0 Å². The zero-order chi connectivity index (χ0) is 15.0. The van der Waals surface area contributed by atoms with Crippen LogP contribution in [-0.2, 0) is 13.1 Å². The van der Waals surface area contributed by atoms with Gasteiger partial charge in [-0.2, -0.15) is 5.10 Å². The summed E-state index contributed by atoms with van der Waals surface area (Å²) < 4.78 is 16.0. The molecule has 3 rings (SSSR count). The van der Waals surface area contributed by atoms with E-state index in [1.54, 1.807) is 6.07 Å². The number of hydrogen-bond acceptors (Lipinski definition) is 2. The van der Waals surface area contributed by atoms with Crippen LogP contribution in [0.5, 0.6) is 0 Å². The summed E-state index contributed by atoms with van der Waals surface area (Å²) in [5, 5.41) is 7.93. The molecule has 112 valence electrons. The van der Waals surface area contributed by atoms with Gasteiger partial charge in [0.2, 0.25) is 0 Å². The standard InChI is InChI=1S/C17H22FN3/c1-4-21-12(3)17(11(2)20-21)13-5-8-16(18)14(9-13)10-19-15-6-7-15/h5,8-9,15,19H,4,6-7,10H2,1-3H3. The largest absolute Gasteiger partial charge is 0.310 e. The molecular formula is C17H22FN3. The Morgan fingerprint density at radius 1 is 1.33 bits per heavy atom. The fourth-order valence-corrected chi connectivity index (χ4v) is 2.83. The maximum absolute atomic E-state index is 14.0. The van der Waals surface area contributed by atoms with Gasteiger partial charge in [-0.25, -0.2) is 4.39 Å². The average molecular weight is 287 g/mol. The second-order valence-electron chi connectivity index (χ2n) is 5.82. The fourth-order valence-electron chi connectivity index (χ4n) is 2.83. The van der Waals surface area contributed by atoms with Gasteiger partial charge < -0.3 is 5.32 Å². The van der Waals surface area contributed by atoms with E-state index in [-0.39, 0.29) is 5.82 Å². The summed E-state index contributed by atoms with van der Waals surface area (Å²) in [6.07, 6.45) is 2.42. The summed E-state index contributed by atoms with van der Waals surface area (Å²) in [7, 11) is 0. The predicted octanol–water partition coefficient (Wildman–Crippen LogP) is 3.58. The van der Waals surface area contributed by atoms with E-state index in [9.17, 15) is 4.39 Å². The van der Waals surface area contributed by atoms with Crippen LogP contribution < -0.4 is 5.32 Å². The molecule has 1 saturated carbocycles. The molecule has 3 nitrogen and oxygen atoms in total. The summed E-state index contributed by atoms with van der Waals surface area (Å²) in [6.45, 7) is 7.62. The van der Waals surface area contributed by atoms with E-state index in [0.717, 1.165) is 34.6 Å². The highest BCUT2D eigenvalue weighted by molar-refractivity contribution is 5.69. The molecule has 0 unspecified atom stereocenters. The molecule has 4 heteroatoms. The second-order valence-corrected chi connectivity index (χ2v) is 5.82. The summed E-state index contributed by atoms with van der Waals surface area (Å²) in [5.74, 6) is -0.134. The minimum atomic E-state index is -0.134.